The average Bonchev–Trinajstić information content (AvgIpc) is 3.25. The van der Waals surface area contributed by atoms with Gasteiger partial charge in [-0.3, -0.25) is 14.5 Å². The van der Waals surface area contributed by atoms with Crippen molar-refractivity contribution in [2.45, 2.75) is 25.8 Å². The highest BCUT2D eigenvalue weighted by molar-refractivity contribution is 6.46. The molecule has 0 spiro atoms. The molecule has 1 atom stereocenters. The van der Waals surface area contributed by atoms with E-state index >= 15 is 0 Å². The standard InChI is InChI=1S/C30H36N2O8/c1-3-4-13-38-22-7-5-20(18-24(22)36-2)27-26(28(33)21-6-8-23-25(19-21)40-17-16-39-23)29(34)30(35)32(27)10-9-31-11-14-37-15-12-31/h5-8,18-19,27,33H,3-4,9-17H2,1-2H3/b28-26+. The average molecular weight is 553 g/mol. The van der Waals surface area contributed by atoms with Gasteiger partial charge in [0.05, 0.1) is 38.5 Å². The van der Waals surface area contributed by atoms with Gasteiger partial charge < -0.3 is 33.7 Å². The summed E-state index contributed by atoms with van der Waals surface area (Å²) in [6, 6.07) is 9.55. The summed E-state index contributed by atoms with van der Waals surface area (Å²) in [6.45, 7) is 7.11. The topological polar surface area (TPSA) is 107 Å². The van der Waals surface area contributed by atoms with Crippen molar-refractivity contribution in [3.8, 4) is 23.0 Å². The second-order valence-electron chi connectivity index (χ2n) is 9.92. The van der Waals surface area contributed by atoms with Crippen molar-refractivity contribution in [3.63, 3.8) is 0 Å². The lowest BCUT2D eigenvalue weighted by atomic mass is 9.94. The first-order valence-corrected chi connectivity index (χ1v) is 13.8. The van der Waals surface area contributed by atoms with E-state index in [1.54, 1.807) is 37.4 Å². The fourth-order valence-electron chi connectivity index (χ4n) is 5.18. The maximum atomic E-state index is 13.5. The zero-order valence-corrected chi connectivity index (χ0v) is 23.0. The number of nitrogens with zero attached hydrogens (tertiary/aromatic N) is 2. The van der Waals surface area contributed by atoms with E-state index in [0.717, 1.165) is 25.9 Å². The third-order valence-corrected chi connectivity index (χ3v) is 7.38. The molecule has 2 aromatic rings. The van der Waals surface area contributed by atoms with Gasteiger partial charge in [0.25, 0.3) is 11.7 Å². The van der Waals surface area contributed by atoms with Crippen molar-refractivity contribution in [1.29, 1.82) is 0 Å². The second kappa shape index (κ2) is 12.6. The highest BCUT2D eigenvalue weighted by atomic mass is 16.6. The molecule has 3 heterocycles. The smallest absolute Gasteiger partial charge is 0.295 e. The number of carbonyl (C=O) groups excluding carboxylic acids is 2. The minimum absolute atomic E-state index is 0.0189. The van der Waals surface area contributed by atoms with E-state index in [1.807, 2.05) is 6.07 Å². The molecule has 0 aliphatic carbocycles. The van der Waals surface area contributed by atoms with Crippen molar-refractivity contribution in [3.05, 3.63) is 53.1 Å². The number of amides is 1. The SMILES string of the molecule is CCCCOc1ccc(C2/C(=C(\O)c3ccc4c(c3)OCCO4)C(=O)C(=O)N2CCN2CCOCC2)cc1OC. The van der Waals surface area contributed by atoms with Gasteiger partial charge in [0, 0.05) is 31.7 Å². The molecule has 0 bridgehead atoms. The maximum Gasteiger partial charge on any atom is 0.295 e. The number of hydrogen-bond acceptors (Lipinski definition) is 9. The molecular weight excluding hydrogens is 516 g/mol. The van der Waals surface area contributed by atoms with Crippen LogP contribution in [0.25, 0.3) is 5.76 Å². The Morgan fingerprint density at radius 1 is 0.975 bits per heavy atom. The Kier molecular flexibility index (Phi) is 8.76. The number of methoxy groups -OCH3 is 1. The quantitative estimate of drug-likeness (QED) is 0.205. The van der Waals surface area contributed by atoms with Gasteiger partial charge in [-0.15, -0.1) is 0 Å². The summed E-state index contributed by atoms with van der Waals surface area (Å²) in [5.74, 6) is 0.457. The molecule has 3 aliphatic rings. The first kappa shape index (κ1) is 27.8. The van der Waals surface area contributed by atoms with E-state index in [0.29, 0.717) is 80.2 Å². The summed E-state index contributed by atoms with van der Waals surface area (Å²) in [4.78, 5) is 30.7. The number of benzene rings is 2. The minimum atomic E-state index is -0.812. The van der Waals surface area contributed by atoms with Crippen LogP contribution in [0.3, 0.4) is 0 Å². The molecule has 0 radical (unpaired) electrons. The van der Waals surface area contributed by atoms with Crippen LogP contribution in [0.1, 0.15) is 36.9 Å². The van der Waals surface area contributed by atoms with Gasteiger partial charge in [-0.25, -0.2) is 0 Å². The van der Waals surface area contributed by atoms with Crippen LogP contribution in [0.4, 0.5) is 0 Å². The van der Waals surface area contributed by atoms with Gasteiger partial charge in [0.15, 0.2) is 23.0 Å². The van der Waals surface area contributed by atoms with Crippen LogP contribution >= 0.6 is 0 Å². The van der Waals surface area contributed by atoms with Gasteiger partial charge in [-0.05, 0) is 42.3 Å². The Morgan fingerprint density at radius 3 is 2.50 bits per heavy atom. The number of rotatable bonds is 10. The summed E-state index contributed by atoms with van der Waals surface area (Å²) in [5, 5.41) is 11.5. The normalized spacial score (nSPS) is 20.6. The van der Waals surface area contributed by atoms with E-state index in [9.17, 15) is 14.7 Å². The van der Waals surface area contributed by atoms with Crippen molar-refractivity contribution >= 4 is 17.4 Å². The van der Waals surface area contributed by atoms with Crippen LogP contribution < -0.4 is 18.9 Å². The van der Waals surface area contributed by atoms with E-state index in [1.165, 1.54) is 4.90 Å². The molecule has 10 heteroatoms. The molecule has 2 fully saturated rings. The summed E-state index contributed by atoms with van der Waals surface area (Å²) >= 11 is 0. The van der Waals surface area contributed by atoms with Crippen molar-refractivity contribution in [1.82, 2.24) is 9.80 Å². The van der Waals surface area contributed by atoms with Crippen LogP contribution in [0.2, 0.25) is 0 Å². The number of aliphatic hydroxyl groups excluding tert-OH is 1. The van der Waals surface area contributed by atoms with Crippen LogP contribution in [0.15, 0.2) is 42.0 Å². The molecule has 0 aromatic heterocycles. The molecular formula is C30H36N2O8. The third-order valence-electron chi connectivity index (χ3n) is 7.38. The van der Waals surface area contributed by atoms with Gasteiger partial charge >= 0.3 is 0 Å². The Balaban J connectivity index is 1.54. The Bertz CT molecular complexity index is 1270. The third kappa shape index (κ3) is 5.73. The van der Waals surface area contributed by atoms with Crippen molar-refractivity contribution in [2.75, 3.05) is 66.3 Å². The Morgan fingerprint density at radius 2 is 1.75 bits per heavy atom. The molecule has 1 N–H and O–H groups in total. The van der Waals surface area contributed by atoms with E-state index in [4.69, 9.17) is 23.7 Å². The number of ketones is 1. The van der Waals surface area contributed by atoms with E-state index in [-0.39, 0.29) is 11.3 Å². The summed E-state index contributed by atoms with van der Waals surface area (Å²) in [5.41, 5.74) is 1.03. The molecule has 40 heavy (non-hydrogen) atoms. The number of aliphatic hydroxyl groups is 1. The van der Waals surface area contributed by atoms with Crippen LogP contribution in [0, 0.1) is 0 Å². The highest BCUT2D eigenvalue weighted by Crippen LogP contribution is 2.43. The van der Waals surface area contributed by atoms with Crippen LogP contribution in [0.5, 0.6) is 23.0 Å². The molecule has 10 nitrogen and oxygen atoms in total. The minimum Gasteiger partial charge on any atom is -0.507 e. The largest absolute Gasteiger partial charge is 0.507 e. The number of carbonyl (C=O) groups is 2. The monoisotopic (exact) mass is 552 g/mol. The van der Waals surface area contributed by atoms with Gasteiger partial charge in [0.1, 0.15) is 19.0 Å². The van der Waals surface area contributed by atoms with Crippen molar-refractivity contribution < 1.29 is 38.4 Å². The fourth-order valence-corrected chi connectivity index (χ4v) is 5.18. The zero-order chi connectivity index (χ0) is 28.1. The Hall–Kier alpha value is -3.76. The first-order chi connectivity index (χ1) is 19.5. The zero-order valence-electron chi connectivity index (χ0n) is 23.0. The van der Waals surface area contributed by atoms with Gasteiger partial charge in [0.2, 0.25) is 0 Å². The maximum absolute atomic E-state index is 13.5. The lowest BCUT2D eigenvalue weighted by Crippen LogP contribution is -2.42. The molecule has 5 rings (SSSR count). The lowest BCUT2D eigenvalue weighted by Gasteiger charge is -2.31. The number of fused-ring (bicyclic) bond motifs is 1. The number of ether oxygens (including phenoxy) is 5. The van der Waals surface area contributed by atoms with Gasteiger partial charge in [-0.2, -0.15) is 0 Å². The predicted molar refractivity (Wildman–Crippen MR) is 147 cm³/mol. The van der Waals surface area contributed by atoms with Gasteiger partial charge in [-0.1, -0.05) is 19.4 Å². The molecule has 1 amide bonds. The highest BCUT2D eigenvalue weighted by Gasteiger charge is 2.46. The van der Waals surface area contributed by atoms with Crippen molar-refractivity contribution in [2.24, 2.45) is 0 Å². The summed E-state index contributed by atoms with van der Waals surface area (Å²) in [6.07, 6.45) is 1.90. The number of morpholine rings is 1. The molecule has 0 saturated carbocycles. The Labute approximate surface area is 234 Å². The lowest BCUT2D eigenvalue weighted by molar-refractivity contribution is -0.140. The predicted octanol–water partition coefficient (Wildman–Crippen LogP) is 3.40. The summed E-state index contributed by atoms with van der Waals surface area (Å²) in [7, 11) is 1.55. The molecule has 2 aromatic carbocycles. The van der Waals surface area contributed by atoms with E-state index < -0.39 is 17.7 Å². The van der Waals surface area contributed by atoms with Crippen LogP contribution in [-0.2, 0) is 14.3 Å². The first-order valence-electron chi connectivity index (χ1n) is 13.8. The second-order valence-corrected chi connectivity index (χ2v) is 9.92. The number of unbranched alkanes of at least 4 members (excludes halogenated alkanes) is 1. The number of Topliss-reactive ketones (excluding diaryl/α,β-unsaturated/α-hetero) is 1. The fraction of sp³-hybridized carbons (Fsp3) is 0.467. The van der Waals surface area contributed by atoms with Crippen LogP contribution in [-0.4, -0.2) is 92.9 Å². The molecule has 3 aliphatic heterocycles. The summed E-state index contributed by atoms with van der Waals surface area (Å²) < 4.78 is 28.2. The molecule has 214 valence electrons. The van der Waals surface area contributed by atoms with E-state index in [2.05, 4.69) is 11.8 Å². The molecule has 1 unspecified atom stereocenters. The number of hydrogen-bond donors (Lipinski definition) is 1. The molecule has 2 saturated heterocycles. The number of likely N-dealkylation sites (tertiary alicyclic amines) is 1.